The fraction of sp³-hybridized carbons (Fsp3) is 0.333. The number of hydrogen-bond donors (Lipinski definition) is 1. The summed E-state index contributed by atoms with van der Waals surface area (Å²) in [7, 11) is 1.71. The Morgan fingerprint density at radius 3 is 2.40 bits per heavy atom. The molecule has 0 fully saturated rings. The third-order valence-corrected chi connectivity index (χ3v) is 4.18. The predicted octanol–water partition coefficient (Wildman–Crippen LogP) is 3.26. The summed E-state index contributed by atoms with van der Waals surface area (Å²) in [5, 5.41) is 3.68. The van der Waals surface area contributed by atoms with Gasteiger partial charge in [0, 0.05) is 12.6 Å². The Kier molecular flexibility index (Phi) is 3.75. The molecule has 0 saturated heterocycles. The second-order valence-corrected chi connectivity index (χ2v) is 5.55. The molecule has 104 valence electrons. The first kappa shape index (κ1) is 13.2. The van der Waals surface area contributed by atoms with Gasteiger partial charge < -0.3 is 10.1 Å². The van der Waals surface area contributed by atoms with E-state index >= 15 is 0 Å². The Morgan fingerprint density at radius 1 is 1.10 bits per heavy atom. The van der Waals surface area contributed by atoms with Crippen LogP contribution < -0.4 is 10.1 Å². The van der Waals surface area contributed by atoms with Gasteiger partial charge in [-0.3, -0.25) is 0 Å². The van der Waals surface area contributed by atoms with E-state index in [9.17, 15) is 0 Å². The zero-order valence-electron chi connectivity index (χ0n) is 12.1. The van der Waals surface area contributed by atoms with Gasteiger partial charge in [-0.1, -0.05) is 30.3 Å². The van der Waals surface area contributed by atoms with E-state index in [4.69, 9.17) is 4.74 Å². The molecule has 2 aromatic rings. The van der Waals surface area contributed by atoms with Crippen LogP contribution in [0.5, 0.6) is 5.75 Å². The van der Waals surface area contributed by atoms with Gasteiger partial charge in [-0.05, 0) is 54.2 Å². The minimum atomic E-state index is 0.564. The highest BCUT2D eigenvalue weighted by molar-refractivity contribution is 5.36. The van der Waals surface area contributed by atoms with E-state index in [0.717, 1.165) is 25.1 Å². The molecule has 2 nitrogen and oxygen atoms in total. The molecule has 0 heterocycles. The summed E-state index contributed by atoms with van der Waals surface area (Å²) in [6.07, 6.45) is 2.29. The molecular formula is C18H21NO. The monoisotopic (exact) mass is 267 g/mol. The van der Waals surface area contributed by atoms with E-state index in [2.05, 4.69) is 48.6 Å². The third kappa shape index (κ3) is 2.70. The van der Waals surface area contributed by atoms with Gasteiger partial charge in [0.2, 0.25) is 0 Å². The highest BCUT2D eigenvalue weighted by atomic mass is 16.5. The molecule has 0 saturated carbocycles. The van der Waals surface area contributed by atoms with Crippen LogP contribution in [0.4, 0.5) is 0 Å². The van der Waals surface area contributed by atoms with E-state index < -0.39 is 0 Å². The fourth-order valence-corrected chi connectivity index (χ4v) is 2.95. The molecule has 0 aromatic heterocycles. The minimum absolute atomic E-state index is 0.564. The molecule has 0 spiro atoms. The molecular weight excluding hydrogens is 246 g/mol. The summed E-state index contributed by atoms with van der Waals surface area (Å²) in [6.45, 7) is 3.07. The lowest BCUT2D eigenvalue weighted by atomic mass is 10.1. The average Bonchev–Trinajstić information content (AvgIpc) is 2.88. The normalized spacial score (nSPS) is 14.3. The Bertz CT molecular complexity index is 581. The highest BCUT2D eigenvalue weighted by Crippen LogP contribution is 2.22. The van der Waals surface area contributed by atoms with Gasteiger partial charge in [0.1, 0.15) is 5.75 Å². The molecule has 1 N–H and O–H groups in total. The number of aryl methyl sites for hydroxylation is 1. The lowest BCUT2D eigenvalue weighted by Gasteiger charge is -2.14. The SMILES string of the molecule is COc1ccc(CNC2Cc3ccccc3C2)c(C)c1. The molecule has 0 amide bonds. The second-order valence-electron chi connectivity index (χ2n) is 5.55. The van der Waals surface area contributed by atoms with Crippen LogP contribution in [0.15, 0.2) is 42.5 Å². The van der Waals surface area contributed by atoms with E-state index in [0.29, 0.717) is 6.04 Å². The quantitative estimate of drug-likeness (QED) is 0.918. The van der Waals surface area contributed by atoms with Crippen molar-refractivity contribution in [3.63, 3.8) is 0 Å². The van der Waals surface area contributed by atoms with Gasteiger partial charge in [0.25, 0.3) is 0 Å². The molecule has 1 aliphatic rings. The molecule has 0 atom stereocenters. The van der Waals surface area contributed by atoms with Crippen molar-refractivity contribution in [2.45, 2.75) is 32.4 Å². The predicted molar refractivity (Wildman–Crippen MR) is 82.2 cm³/mol. The second kappa shape index (κ2) is 5.68. The first-order chi connectivity index (χ1) is 9.76. The molecule has 20 heavy (non-hydrogen) atoms. The van der Waals surface area contributed by atoms with Crippen LogP contribution in [0, 0.1) is 6.92 Å². The highest BCUT2D eigenvalue weighted by Gasteiger charge is 2.20. The van der Waals surface area contributed by atoms with Crippen LogP contribution in [0.2, 0.25) is 0 Å². The smallest absolute Gasteiger partial charge is 0.119 e. The van der Waals surface area contributed by atoms with Gasteiger partial charge in [0.05, 0.1) is 7.11 Å². The lowest BCUT2D eigenvalue weighted by Crippen LogP contribution is -2.29. The number of fused-ring (bicyclic) bond motifs is 1. The van der Waals surface area contributed by atoms with Crippen LogP contribution in [-0.2, 0) is 19.4 Å². The summed E-state index contributed by atoms with van der Waals surface area (Å²) in [6, 6.07) is 15.6. The maximum atomic E-state index is 5.25. The summed E-state index contributed by atoms with van der Waals surface area (Å²) in [5.74, 6) is 0.930. The summed E-state index contributed by atoms with van der Waals surface area (Å²) in [5.41, 5.74) is 5.63. The Labute approximate surface area is 120 Å². The van der Waals surface area contributed by atoms with Crippen LogP contribution in [-0.4, -0.2) is 13.2 Å². The van der Waals surface area contributed by atoms with Crippen LogP contribution in [0.25, 0.3) is 0 Å². The molecule has 0 radical (unpaired) electrons. The van der Waals surface area contributed by atoms with E-state index in [1.807, 2.05) is 6.07 Å². The van der Waals surface area contributed by atoms with Gasteiger partial charge >= 0.3 is 0 Å². The average molecular weight is 267 g/mol. The number of methoxy groups -OCH3 is 1. The van der Waals surface area contributed by atoms with Gasteiger partial charge in [0.15, 0.2) is 0 Å². The van der Waals surface area contributed by atoms with Crippen LogP contribution in [0.3, 0.4) is 0 Å². The topological polar surface area (TPSA) is 21.3 Å². The number of rotatable bonds is 4. The van der Waals surface area contributed by atoms with Crippen molar-refractivity contribution in [1.82, 2.24) is 5.32 Å². The van der Waals surface area contributed by atoms with Crippen molar-refractivity contribution in [2.75, 3.05) is 7.11 Å². The third-order valence-electron chi connectivity index (χ3n) is 4.18. The van der Waals surface area contributed by atoms with Gasteiger partial charge in [-0.2, -0.15) is 0 Å². The Hall–Kier alpha value is -1.80. The van der Waals surface area contributed by atoms with Gasteiger partial charge in [-0.15, -0.1) is 0 Å². The summed E-state index contributed by atoms with van der Waals surface area (Å²) < 4.78 is 5.25. The fourth-order valence-electron chi connectivity index (χ4n) is 2.95. The minimum Gasteiger partial charge on any atom is -0.497 e. The molecule has 0 bridgehead atoms. The van der Waals surface area contributed by atoms with Crippen molar-refractivity contribution < 1.29 is 4.74 Å². The number of ether oxygens (including phenoxy) is 1. The summed E-state index contributed by atoms with van der Waals surface area (Å²) in [4.78, 5) is 0. The number of nitrogens with one attached hydrogen (secondary N) is 1. The zero-order chi connectivity index (χ0) is 13.9. The zero-order valence-corrected chi connectivity index (χ0v) is 12.1. The van der Waals surface area contributed by atoms with Gasteiger partial charge in [-0.25, -0.2) is 0 Å². The van der Waals surface area contributed by atoms with E-state index in [-0.39, 0.29) is 0 Å². The van der Waals surface area contributed by atoms with Crippen molar-refractivity contribution in [3.05, 3.63) is 64.7 Å². The molecule has 1 aliphatic carbocycles. The molecule has 3 rings (SSSR count). The Balaban J connectivity index is 1.61. The van der Waals surface area contributed by atoms with Crippen LogP contribution in [0.1, 0.15) is 22.3 Å². The lowest BCUT2D eigenvalue weighted by molar-refractivity contribution is 0.414. The van der Waals surface area contributed by atoms with Crippen molar-refractivity contribution in [1.29, 1.82) is 0 Å². The standard InChI is InChI=1S/C18H21NO/c1-13-9-18(20-2)8-7-16(13)12-19-17-10-14-5-3-4-6-15(14)11-17/h3-9,17,19H,10-12H2,1-2H3. The largest absolute Gasteiger partial charge is 0.497 e. The van der Waals surface area contributed by atoms with Crippen LogP contribution >= 0.6 is 0 Å². The Morgan fingerprint density at radius 2 is 1.80 bits per heavy atom. The first-order valence-electron chi connectivity index (χ1n) is 7.20. The molecule has 0 aliphatic heterocycles. The van der Waals surface area contributed by atoms with E-state index in [1.54, 1.807) is 7.11 Å². The van der Waals surface area contributed by atoms with Crippen molar-refractivity contribution in [2.24, 2.45) is 0 Å². The van der Waals surface area contributed by atoms with Crippen molar-refractivity contribution in [3.8, 4) is 5.75 Å². The maximum absolute atomic E-state index is 5.25. The van der Waals surface area contributed by atoms with E-state index in [1.165, 1.54) is 22.3 Å². The number of hydrogen-bond acceptors (Lipinski definition) is 2. The van der Waals surface area contributed by atoms with Crippen molar-refractivity contribution >= 4 is 0 Å². The summed E-state index contributed by atoms with van der Waals surface area (Å²) >= 11 is 0. The number of benzene rings is 2. The maximum Gasteiger partial charge on any atom is 0.119 e. The first-order valence-corrected chi connectivity index (χ1v) is 7.20. The molecule has 0 unspecified atom stereocenters. The molecule has 2 aromatic carbocycles. The molecule has 2 heteroatoms.